The Labute approximate surface area is 89.7 Å². The Hall–Kier alpha value is -1.10. The molecule has 0 aromatic heterocycles. The summed E-state index contributed by atoms with van der Waals surface area (Å²) < 4.78 is 0. The molecule has 5 heteroatoms. The van der Waals surface area contributed by atoms with E-state index in [4.69, 9.17) is 5.11 Å². The summed E-state index contributed by atoms with van der Waals surface area (Å²) in [4.78, 5) is 25.8. The van der Waals surface area contributed by atoms with Gasteiger partial charge in [-0.1, -0.05) is 0 Å². The highest BCUT2D eigenvalue weighted by Gasteiger charge is 2.32. The summed E-state index contributed by atoms with van der Waals surface area (Å²) in [5.41, 5.74) is 0. The molecule has 5 nitrogen and oxygen atoms in total. The third-order valence-electron chi connectivity index (χ3n) is 2.97. The second kappa shape index (κ2) is 4.61. The van der Waals surface area contributed by atoms with Crippen LogP contribution in [0, 0.1) is 0 Å². The maximum Gasteiger partial charge on any atom is 0.305 e. The van der Waals surface area contributed by atoms with Crippen molar-refractivity contribution in [2.24, 2.45) is 0 Å². The first-order chi connectivity index (χ1) is 6.91. The zero-order valence-corrected chi connectivity index (χ0v) is 9.43. The Morgan fingerprint density at radius 1 is 1.40 bits per heavy atom. The van der Waals surface area contributed by atoms with E-state index in [0.29, 0.717) is 19.1 Å². The van der Waals surface area contributed by atoms with Gasteiger partial charge in [0.05, 0.1) is 12.5 Å². The molecule has 0 aliphatic carbocycles. The second-order valence-electron chi connectivity index (χ2n) is 4.21. The van der Waals surface area contributed by atoms with Crippen LogP contribution < -0.4 is 0 Å². The number of carboxylic acid groups (broad SMARTS) is 1. The minimum atomic E-state index is -0.853. The molecule has 0 saturated carbocycles. The van der Waals surface area contributed by atoms with Gasteiger partial charge in [-0.15, -0.1) is 0 Å². The van der Waals surface area contributed by atoms with Crippen LogP contribution in [0.5, 0.6) is 0 Å². The van der Waals surface area contributed by atoms with Crippen LogP contribution in [0.2, 0.25) is 0 Å². The van der Waals surface area contributed by atoms with Gasteiger partial charge >= 0.3 is 5.97 Å². The number of likely N-dealkylation sites (N-methyl/N-ethyl adjacent to an activating group) is 1. The third kappa shape index (κ3) is 2.92. The van der Waals surface area contributed by atoms with Crippen LogP contribution in [0.1, 0.15) is 20.3 Å². The number of amides is 1. The number of hydrogen-bond donors (Lipinski definition) is 1. The van der Waals surface area contributed by atoms with E-state index >= 15 is 0 Å². The molecule has 1 amide bonds. The molecule has 0 aromatic carbocycles. The maximum atomic E-state index is 11.4. The Balaban J connectivity index is 2.72. The summed E-state index contributed by atoms with van der Waals surface area (Å²) in [6.45, 7) is 4.77. The van der Waals surface area contributed by atoms with Gasteiger partial charge in [0.1, 0.15) is 0 Å². The van der Waals surface area contributed by atoms with E-state index in [9.17, 15) is 9.59 Å². The standard InChI is InChI=1S/C10H18N2O3/c1-7-5-12(8(2)13)9(4-10(14)15)6-11(7)3/h7,9H,4-6H2,1-3H3,(H,14,15)/t7-,9+/m0/s1. The third-order valence-corrected chi connectivity index (χ3v) is 2.97. The lowest BCUT2D eigenvalue weighted by Crippen LogP contribution is -2.57. The van der Waals surface area contributed by atoms with E-state index in [-0.39, 0.29) is 18.4 Å². The monoisotopic (exact) mass is 214 g/mol. The maximum absolute atomic E-state index is 11.4. The first kappa shape index (κ1) is 12.0. The molecule has 1 saturated heterocycles. The van der Waals surface area contributed by atoms with Gasteiger partial charge in [0.25, 0.3) is 0 Å². The normalized spacial score (nSPS) is 27.8. The van der Waals surface area contributed by atoms with E-state index < -0.39 is 5.97 Å². The molecular weight excluding hydrogens is 196 g/mol. The molecule has 0 bridgehead atoms. The van der Waals surface area contributed by atoms with Crippen molar-refractivity contribution < 1.29 is 14.7 Å². The zero-order valence-electron chi connectivity index (χ0n) is 9.43. The van der Waals surface area contributed by atoms with Gasteiger partial charge in [0, 0.05) is 26.1 Å². The first-order valence-corrected chi connectivity index (χ1v) is 5.11. The Morgan fingerprint density at radius 3 is 2.47 bits per heavy atom. The molecule has 0 radical (unpaired) electrons. The molecule has 1 fully saturated rings. The van der Waals surface area contributed by atoms with Gasteiger partial charge in [-0.05, 0) is 14.0 Å². The Bertz CT molecular complexity index is 267. The van der Waals surface area contributed by atoms with Gasteiger partial charge in [-0.2, -0.15) is 0 Å². The fourth-order valence-electron chi connectivity index (χ4n) is 1.95. The highest BCUT2D eigenvalue weighted by Crippen LogP contribution is 2.16. The van der Waals surface area contributed by atoms with Crippen LogP contribution in [-0.4, -0.2) is 59.0 Å². The summed E-state index contributed by atoms with van der Waals surface area (Å²) in [5.74, 6) is -0.893. The molecular formula is C10H18N2O3. The summed E-state index contributed by atoms with van der Waals surface area (Å²) in [6.07, 6.45) is 0.0244. The van der Waals surface area contributed by atoms with Gasteiger partial charge in [0.2, 0.25) is 5.91 Å². The van der Waals surface area contributed by atoms with Gasteiger partial charge in [-0.3, -0.25) is 14.5 Å². The minimum Gasteiger partial charge on any atom is -0.481 e. The zero-order chi connectivity index (χ0) is 11.6. The van der Waals surface area contributed by atoms with E-state index in [0.717, 1.165) is 0 Å². The van der Waals surface area contributed by atoms with Crippen molar-refractivity contribution in [1.82, 2.24) is 9.80 Å². The largest absolute Gasteiger partial charge is 0.481 e. The van der Waals surface area contributed by atoms with Crippen LogP contribution in [0.3, 0.4) is 0 Å². The molecule has 1 rings (SSSR count). The average molecular weight is 214 g/mol. The molecule has 15 heavy (non-hydrogen) atoms. The van der Waals surface area contributed by atoms with Gasteiger partial charge < -0.3 is 10.0 Å². The lowest BCUT2D eigenvalue weighted by atomic mass is 10.1. The molecule has 1 aliphatic heterocycles. The van der Waals surface area contributed by atoms with Gasteiger partial charge in [0.15, 0.2) is 0 Å². The van der Waals surface area contributed by atoms with Crippen LogP contribution in [0.25, 0.3) is 0 Å². The predicted molar refractivity (Wildman–Crippen MR) is 55.5 cm³/mol. The smallest absolute Gasteiger partial charge is 0.305 e. The number of hydrogen-bond acceptors (Lipinski definition) is 3. The van der Waals surface area contributed by atoms with Crippen molar-refractivity contribution in [3.8, 4) is 0 Å². The van der Waals surface area contributed by atoms with E-state index in [1.165, 1.54) is 6.92 Å². The van der Waals surface area contributed by atoms with E-state index in [1.54, 1.807) is 4.90 Å². The molecule has 0 spiro atoms. The number of aliphatic carboxylic acids is 1. The van der Waals surface area contributed by atoms with Crippen LogP contribution in [-0.2, 0) is 9.59 Å². The molecule has 1 aliphatic rings. The number of carboxylic acids is 1. The number of piperazine rings is 1. The van der Waals surface area contributed by atoms with Crippen molar-refractivity contribution >= 4 is 11.9 Å². The number of carbonyl (C=O) groups excluding carboxylic acids is 1. The van der Waals surface area contributed by atoms with Crippen LogP contribution in [0.4, 0.5) is 0 Å². The molecule has 2 atom stereocenters. The van der Waals surface area contributed by atoms with Gasteiger partial charge in [-0.25, -0.2) is 0 Å². The Kier molecular flexibility index (Phi) is 3.68. The van der Waals surface area contributed by atoms with Crippen molar-refractivity contribution in [2.75, 3.05) is 20.1 Å². The lowest BCUT2D eigenvalue weighted by Gasteiger charge is -2.43. The van der Waals surface area contributed by atoms with Crippen molar-refractivity contribution in [2.45, 2.75) is 32.4 Å². The molecule has 1 N–H and O–H groups in total. The fraction of sp³-hybridized carbons (Fsp3) is 0.800. The second-order valence-corrected chi connectivity index (χ2v) is 4.21. The summed E-state index contributed by atoms with van der Waals surface area (Å²) >= 11 is 0. The quantitative estimate of drug-likeness (QED) is 0.703. The molecule has 1 heterocycles. The number of nitrogens with zero attached hydrogens (tertiary/aromatic N) is 2. The minimum absolute atomic E-state index is 0.0244. The summed E-state index contributed by atoms with van der Waals surface area (Å²) in [7, 11) is 1.96. The topological polar surface area (TPSA) is 60.9 Å². The SMILES string of the molecule is CC(=O)N1C[C@H](C)N(C)C[C@H]1CC(=O)O. The summed E-state index contributed by atoms with van der Waals surface area (Å²) in [6, 6.07) is 0.0974. The Morgan fingerprint density at radius 2 is 2.00 bits per heavy atom. The van der Waals surface area contributed by atoms with Crippen molar-refractivity contribution in [3.63, 3.8) is 0 Å². The van der Waals surface area contributed by atoms with Crippen molar-refractivity contribution in [3.05, 3.63) is 0 Å². The molecule has 86 valence electrons. The van der Waals surface area contributed by atoms with Crippen LogP contribution >= 0.6 is 0 Å². The fourth-order valence-corrected chi connectivity index (χ4v) is 1.95. The lowest BCUT2D eigenvalue weighted by molar-refractivity contribution is -0.142. The van der Waals surface area contributed by atoms with E-state index in [1.807, 2.05) is 14.0 Å². The van der Waals surface area contributed by atoms with Crippen LogP contribution in [0.15, 0.2) is 0 Å². The number of rotatable bonds is 2. The molecule has 0 aromatic rings. The summed E-state index contributed by atoms with van der Waals surface area (Å²) in [5, 5.41) is 8.76. The number of carbonyl (C=O) groups is 2. The van der Waals surface area contributed by atoms with E-state index in [2.05, 4.69) is 4.90 Å². The molecule has 0 unspecified atom stereocenters. The predicted octanol–water partition coefficient (Wildman–Crippen LogP) is 0.0121. The highest BCUT2D eigenvalue weighted by atomic mass is 16.4. The van der Waals surface area contributed by atoms with Crippen molar-refractivity contribution in [1.29, 1.82) is 0 Å². The average Bonchev–Trinajstić information content (AvgIpc) is 2.09. The first-order valence-electron chi connectivity index (χ1n) is 5.11. The highest BCUT2D eigenvalue weighted by molar-refractivity contribution is 5.75.